The van der Waals surface area contributed by atoms with Crippen molar-refractivity contribution in [3.05, 3.63) is 39.9 Å². The van der Waals surface area contributed by atoms with E-state index in [0.717, 1.165) is 45.6 Å². The number of aromatic carboxylic acids is 1. The molecule has 0 radical (unpaired) electrons. The first kappa shape index (κ1) is 20.3. The summed E-state index contributed by atoms with van der Waals surface area (Å²) in [5, 5.41) is 9.45. The van der Waals surface area contributed by atoms with Crippen LogP contribution in [0.15, 0.2) is 23.1 Å². The minimum atomic E-state index is -1.27. The Balaban J connectivity index is 0.00000140. The summed E-state index contributed by atoms with van der Waals surface area (Å²) in [5.41, 5.74) is 0.195. The molecule has 8 heteroatoms. The Morgan fingerprint density at radius 2 is 1.93 bits per heavy atom. The monoisotopic (exact) mass is 383 g/mol. The summed E-state index contributed by atoms with van der Waals surface area (Å²) in [6.45, 7) is 6.31. The molecule has 2 heterocycles. The van der Waals surface area contributed by atoms with Crippen LogP contribution < -0.4 is 39.9 Å². The van der Waals surface area contributed by atoms with Gasteiger partial charge in [-0.1, -0.05) is 6.92 Å². The van der Waals surface area contributed by atoms with Gasteiger partial charge in [-0.05, 0) is 31.5 Å². The number of aromatic nitrogens is 1. The number of piperazine rings is 1. The molecule has 2 fully saturated rings. The topological polar surface area (TPSA) is 65.8 Å². The van der Waals surface area contributed by atoms with E-state index >= 15 is 0 Å². The van der Waals surface area contributed by atoms with Gasteiger partial charge in [0, 0.05) is 43.8 Å². The third kappa shape index (κ3) is 3.78. The standard InChI is InChI=1S/C19H22FN3O3.Na.H/c1-2-21-5-7-22(8-6-21)17-10-16-13(9-15(17)20)18(24)14(19(25)26)11-23(16)12-3-4-12;;/h9-12H,2-8H2,1H3,(H,25,26);;/q;+1;-1. The van der Waals surface area contributed by atoms with E-state index in [-0.39, 0.29) is 48.0 Å². The Morgan fingerprint density at radius 1 is 1.26 bits per heavy atom. The second-order valence-electron chi connectivity index (χ2n) is 7.06. The van der Waals surface area contributed by atoms with E-state index in [1.165, 1.54) is 12.3 Å². The van der Waals surface area contributed by atoms with Gasteiger partial charge in [-0.2, -0.15) is 0 Å². The number of pyridine rings is 1. The van der Waals surface area contributed by atoms with E-state index in [1.807, 2.05) is 9.47 Å². The van der Waals surface area contributed by atoms with Gasteiger partial charge in [0.25, 0.3) is 0 Å². The molecule has 1 saturated carbocycles. The zero-order chi connectivity index (χ0) is 18.4. The Kier molecular flexibility index (Phi) is 5.96. The van der Waals surface area contributed by atoms with Crippen LogP contribution in [0.5, 0.6) is 0 Å². The third-order valence-corrected chi connectivity index (χ3v) is 5.43. The van der Waals surface area contributed by atoms with E-state index in [0.29, 0.717) is 11.2 Å². The largest absolute Gasteiger partial charge is 1.00 e. The van der Waals surface area contributed by atoms with Gasteiger partial charge in [0.05, 0.1) is 11.2 Å². The molecule has 27 heavy (non-hydrogen) atoms. The number of carboxylic acid groups (broad SMARTS) is 1. The molecule has 1 aromatic heterocycles. The smallest absolute Gasteiger partial charge is 1.00 e. The number of carbonyl (C=O) groups is 1. The second-order valence-corrected chi connectivity index (χ2v) is 7.06. The predicted octanol–water partition coefficient (Wildman–Crippen LogP) is -0.568. The molecule has 1 aliphatic carbocycles. The van der Waals surface area contributed by atoms with E-state index in [4.69, 9.17) is 0 Å². The number of fused-ring (bicyclic) bond motifs is 1. The summed E-state index contributed by atoms with van der Waals surface area (Å²) in [5.74, 6) is -1.74. The van der Waals surface area contributed by atoms with Crippen molar-refractivity contribution in [2.75, 3.05) is 37.6 Å². The SMILES string of the molecule is CCN1CCN(c2cc3c(cc2F)c(=O)c(C(=O)O)cn3C2CC2)CC1.[H-].[Na+]. The summed E-state index contributed by atoms with van der Waals surface area (Å²) in [7, 11) is 0. The van der Waals surface area contributed by atoms with Crippen LogP contribution in [0, 0.1) is 5.82 Å². The maximum atomic E-state index is 14.8. The zero-order valence-corrected chi connectivity index (χ0v) is 17.7. The number of anilines is 1. The van der Waals surface area contributed by atoms with Gasteiger partial charge in [-0.3, -0.25) is 4.79 Å². The number of benzene rings is 1. The van der Waals surface area contributed by atoms with E-state index in [2.05, 4.69) is 11.8 Å². The number of hydrogen-bond acceptors (Lipinski definition) is 4. The molecule has 1 aliphatic heterocycles. The second kappa shape index (κ2) is 7.91. The van der Waals surface area contributed by atoms with Crippen molar-refractivity contribution >= 4 is 22.6 Å². The van der Waals surface area contributed by atoms with Crippen molar-refractivity contribution in [2.24, 2.45) is 0 Å². The van der Waals surface area contributed by atoms with E-state index in [9.17, 15) is 19.1 Å². The van der Waals surface area contributed by atoms with Crippen molar-refractivity contribution in [3.63, 3.8) is 0 Å². The third-order valence-electron chi connectivity index (χ3n) is 5.43. The molecule has 2 aliphatic rings. The number of carboxylic acids is 1. The Morgan fingerprint density at radius 3 is 2.48 bits per heavy atom. The summed E-state index contributed by atoms with van der Waals surface area (Å²) < 4.78 is 16.6. The fraction of sp³-hybridized carbons (Fsp3) is 0.474. The van der Waals surface area contributed by atoms with Gasteiger partial charge < -0.3 is 20.9 Å². The molecule has 1 aromatic carbocycles. The van der Waals surface area contributed by atoms with E-state index in [1.54, 1.807) is 6.07 Å². The average Bonchev–Trinajstić information content (AvgIpc) is 3.47. The number of rotatable bonds is 4. The molecular weight excluding hydrogens is 360 g/mol. The van der Waals surface area contributed by atoms with Crippen molar-refractivity contribution in [1.82, 2.24) is 9.47 Å². The molecule has 0 atom stereocenters. The Labute approximate surface area is 180 Å². The Hall–Kier alpha value is -1.41. The van der Waals surface area contributed by atoms with Crippen LogP contribution in [-0.2, 0) is 0 Å². The van der Waals surface area contributed by atoms with Crippen LogP contribution in [0.3, 0.4) is 0 Å². The molecule has 0 bridgehead atoms. The first-order valence-corrected chi connectivity index (χ1v) is 9.08. The summed E-state index contributed by atoms with van der Waals surface area (Å²) in [6, 6.07) is 3.12. The van der Waals surface area contributed by atoms with E-state index < -0.39 is 17.2 Å². The molecule has 2 aromatic rings. The van der Waals surface area contributed by atoms with Gasteiger partial charge in [-0.15, -0.1) is 0 Å². The van der Waals surface area contributed by atoms with Crippen molar-refractivity contribution in [3.8, 4) is 0 Å². The molecule has 1 saturated heterocycles. The molecule has 1 N–H and O–H groups in total. The molecule has 140 valence electrons. The number of likely N-dealkylation sites (N-methyl/N-ethyl adjacent to an activating group) is 1. The maximum absolute atomic E-state index is 14.8. The summed E-state index contributed by atoms with van der Waals surface area (Å²) in [6.07, 6.45) is 3.30. The van der Waals surface area contributed by atoms with Crippen LogP contribution >= 0.6 is 0 Å². The van der Waals surface area contributed by atoms with Gasteiger partial charge in [0.15, 0.2) is 0 Å². The fourth-order valence-corrected chi connectivity index (χ4v) is 3.71. The molecule has 6 nitrogen and oxygen atoms in total. The zero-order valence-electron chi connectivity index (χ0n) is 16.7. The van der Waals surface area contributed by atoms with Crippen LogP contribution in [-0.4, -0.2) is 53.3 Å². The molecule has 0 unspecified atom stereocenters. The molecule has 4 rings (SSSR count). The molecular formula is C19H23FN3NaO3. The number of halogens is 1. The minimum Gasteiger partial charge on any atom is -1.00 e. The first-order chi connectivity index (χ1) is 12.5. The van der Waals surface area contributed by atoms with Crippen LogP contribution in [0.1, 0.15) is 37.6 Å². The van der Waals surface area contributed by atoms with Gasteiger partial charge in [0.1, 0.15) is 11.4 Å². The van der Waals surface area contributed by atoms with Gasteiger partial charge in [-0.25, -0.2) is 9.18 Å². The fourth-order valence-electron chi connectivity index (χ4n) is 3.71. The Bertz CT molecular complexity index is 940. The first-order valence-electron chi connectivity index (χ1n) is 9.08. The predicted molar refractivity (Wildman–Crippen MR) is 98.8 cm³/mol. The van der Waals surface area contributed by atoms with Crippen molar-refractivity contribution in [2.45, 2.75) is 25.8 Å². The van der Waals surface area contributed by atoms with Crippen molar-refractivity contribution in [1.29, 1.82) is 0 Å². The molecule has 0 spiro atoms. The molecule has 0 amide bonds. The quantitative estimate of drug-likeness (QED) is 0.717. The van der Waals surface area contributed by atoms with Crippen molar-refractivity contribution < 1.29 is 45.3 Å². The van der Waals surface area contributed by atoms with Gasteiger partial charge in [0.2, 0.25) is 5.43 Å². The van der Waals surface area contributed by atoms with Crippen LogP contribution in [0.25, 0.3) is 10.9 Å². The number of nitrogens with zero attached hydrogens (tertiary/aromatic N) is 3. The van der Waals surface area contributed by atoms with Crippen LogP contribution in [0.2, 0.25) is 0 Å². The minimum absolute atomic E-state index is 0. The summed E-state index contributed by atoms with van der Waals surface area (Å²) >= 11 is 0. The maximum Gasteiger partial charge on any atom is 1.00 e. The normalized spacial score (nSPS) is 17.8. The number of hydrogen-bond donors (Lipinski definition) is 1. The average molecular weight is 383 g/mol. The van der Waals surface area contributed by atoms with Gasteiger partial charge >= 0.3 is 35.5 Å². The summed E-state index contributed by atoms with van der Waals surface area (Å²) in [4.78, 5) is 28.2. The van der Waals surface area contributed by atoms with Crippen LogP contribution in [0.4, 0.5) is 10.1 Å².